The third kappa shape index (κ3) is 4.20. The molecule has 9 nitrogen and oxygen atoms in total. The third-order valence-corrected chi connectivity index (χ3v) is 6.73. The number of phenolic OH excluding ortho intramolecular Hbond substituents is 2. The Morgan fingerprint density at radius 3 is 2.38 bits per heavy atom. The topological polar surface area (TPSA) is 136 Å². The van der Waals surface area contributed by atoms with Crippen LogP contribution in [0.5, 0.6) is 11.5 Å². The quantitative estimate of drug-likeness (QED) is 0.249. The van der Waals surface area contributed by atoms with E-state index in [1.165, 1.54) is 0 Å². The van der Waals surface area contributed by atoms with E-state index in [2.05, 4.69) is 9.57 Å². The summed E-state index contributed by atoms with van der Waals surface area (Å²) >= 11 is 0. The molecule has 11 heteroatoms. The third-order valence-electron chi connectivity index (χ3n) is 6.73. The van der Waals surface area contributed by atoms with Gasteiger partial charge in [0.15, 0.2) is 0 Å². The lowest BCUT2D eigenvalue weighted by Gasteiger charge is -2.59. The van der Waals surface area contributed by atoms with Crippen molar-refractivity contribution in [2.45, 2.75) is 51.4 Å². The van der Waals surface area contributed by atoms with E-state index in [0.717, 1.165) is 0 Å². The molecule has 0 unspecified atom stereocenters. The zero-order valence-corrected chi connectivity index (χ0v) is 17.7. The number of esters is 1. The summed E-state index contributed by atoms with van der Waals surface area (Å²) in [6, 6.07) is 1.42. The number of nitrogens with zero attached hydrogens (tertiary/aromatic N) is 1. The van der Waals surface area contributed by atoms with Gasteiger partial charge in [-0.25, -0.2) is 4.79 Å². The Hall–Kier alpha value is -2.98. The average molecular weight is 457 g/mol. The maximum Gasteiger partial charge on any atom is 0.381 e. The first-order chi connectivity index (χ1) is 14.9. The molecule has 2 N–H and O–H groups in total. The summed E-state index contributed by atoms with van der Waals surface area (Å²) in [5.41, 5.74) is -1.21. The molecule has 3 aliphatic rings. The van der Waals surface area contributed by atoms with Crippen molar-refractivity contribution in [2.75, 3.05) is 13.2 Å². The molecule has 0 radical (unpaired) electrons. The first kappa shape index (κ1) is 23.7. The number of ketones is 1. The number of phenols is 2. The van der Waals surface area contributed by atoms with E-state index >= 15 is 0 Å². The van der Waals surface area contributed by atoms with E-state index in [1.807, 2.05) is 13.8 Å². The van der Waals surface area contributed by atoms with E-state index in [0.29, 0.717) is 18.6 Å². The number of ether oxygens (including phenoxy) is 1. The highest BCUT2D eigenvalue weighted by Crippen LogP contribution is 2.64. The molecular formula is C21H25F2NO8. The molecule has 0 saturated heterocycles. The standard InChI is InChI=1S/C21H25F2NO8/c1-20(2)13-10-14(20)15(25)9-12(13)18-16(26)7-11(8-17(18)27)21(22,23)19(28)31-5-3-4-6-32-24(29)30/h7-8,12-14,26-27H,3-6,9-10H2,1-2H3/t12-,13+,14-/m0/s1. The maximum absolute atomic E-state index is 14.6. The number of unbranched alkanes of at least 4 members (excludes halogenated alkanes) is 1. The van der Waals surface area contributed by atoms with Crippen molar-refractivity contribution >= 4 is 11.8 Å². The Labute approximate surface area is 182 Å². The number of fused-ring (bicyclic) bond motifs is 2. The van der Waals surface area contributed by atoms with Gasteiger partial charge in [0.1, 0.15) is 17.3 Å². The molecule has 1 aromatic carbocycles. The van der Waals surface area contributed by atoms with Gasteiger partial charge in [-0.05, 0) is 42.7 Å². The lowest BCUT2D eigenvalue weighted by Crippen LogP contribution is -2.56. The minimum atomic E-state index is -4.14. The summed E-state index contributed by atoms with van der Waals surface area (Å²) in [6.07, 6.45) is 0.914. The van der Waals surface area contributed by atoms with Crippen molar-refractivity contribution in [3.05, 3.63) is 33.4 Å². The van der Waals surface area contributed by atoms with Gasteiger partial charge in [0, 0.05) is 29.4 Å². The second-order valence-electron chi connectivity index (χ2n) is 8.90. The zero-order chi connectivity index (χ0) is 23.8. The summed E-state index contributed by atoms with van der Waals surface area (Å²) in [4.78, 5) is 38.3. The van der Waals surface area contributed by atoms with Crippen LogP contribution in [0.1, 0.15) is 56.6 Å². The molecule has 3 aliphatic carbocycles. The van der Waals surface area contributed by atoms with Crippen LogP contribution in [-0.4, -0.2) is 40.3 Å². The molecule has 176 valence electrons. The van der Waals surface area contributed by atoms with E-state index in [-0.39, 0.29) is 54.5 Å². The summed E-state index contributed by atoms with van der Waals surface area (Å²) in [6.45, 7) is 3.21. The number of rotatable bonds is 9. The molecule has 4 rings (SSSR count). The maximum atomic E-state index is 14.6. The molecule has 32 heavy (non-hydrogen) atoms. The first-order valence-corrected chi connectivity index (χ1v) is 10.3. The molecule has 0 aromatic heterocycles. The second-order valence-corrected chi connectivity index (χ2v) is 8.90. The van der Waals surface area contributed by atoms with Crippen LogP contribution in [0, 0.1) is 27.4 Å². The molecule has 0 aliphatic heterocycles. The second kappa shape index (κ2) is 8.51. The van der Waals surface area contributed by atoms with E-state index in [1.54, 1.807) is 0 Å². The van der Waals surface area contributed by atoms with Gasteiger partial charge in [-0.2, -0.15) is 8.78 Å². The van der Waals surface area contributed by atoms with Crippen LogP contribution in [0.2, 0.25) is 0 Å². The minimum absolute atomic E-state index is 0.0117. The van der Waals surface area contributed by atoms with Crippen molar-refractivity contribution in [1.29, 1.82) is 0 Å². The summed E-state index contributed by atoms with van der Waals surface area (Å²) < 4.78 is 33.7. The molecule has 0 amide bonds. The number of hydrogen-bond acceptors (Lipinski definition) is 8. The molecule has 2 bridgehead atoms. The number of alkyl halides is 2. The van der Waals surface area contributed by atoms with Gasteiger partial charge >= 0.3 is 11.9 Å². The predicted octanol–water partition coefficient (Wildman–Crippen LogP) is 3.44. The number of halogens is 2. The van der Waals surface area contributed by atoms with Crippen LogP contribution in [0.15, 0.2) is 12.1 Å². The van der Waals surface area contributed by atoms with Crippen molar-refractivity contribution in [2.24, 2.45) is 17.3 Å². The van der Waals surface area contributed by atoms with Gasteiger partial charge in [-0.1, -0.05) is 13.8 Å². The van der Waals surface area contributed by atoms with Crippen LogP contribution >= 0.6 is 0 Å². The van der Waals surface area contributed by atoms with Gasteiger partial charge in [0.2, 0.25) is 0 Å². The smallest absolute Gasteiger partial charge is 0.381 e. The Balaban J connectivity index is 1.70. The lowest BCUT2D eigenvalue weighted by molar-refractivity contribution is -0.757. The molecule has 0 spiro atoms. The summed E-state index contributed by atoms with van der Waals surface area (Å²) in [5.74, 6) is -7.79. The highest BCUT2D eigenvalue weighted by Gasteiger charge is 2.59. The number of carbonyl (C=O) groups is 2. The van der Waals surface area contributed by atoms with E-state index in [9.17, 15) is 38.7 Å². The number of aromatic hydroxyl groups is 2. The molecule has 3 fully saturated rings. The Morgan fingerprint density at radius 2 is 1.84 bits per heavy atom. The van der Waals surface area contributed by atoms with Crippen LogP contribution < -0.4 is 0 Å². The van der Waals surface area contributed by atoms with Crippen molar-refractivity contribution in [3.63, 3.8) is 0 Å². The van der Waals surface area contributed by atoms with E-state index in [4.69, 9.17) is 0 Å². The van der Waals surface area contributed by atoms with Crippen molar-refractivity contribution in [3.8, 4) is 11.5 Å². The number of benzene rings is 1. The molecular weight excluding hydrogens is 432 g/mol. The van der Waals surface area contributed by atoms with Gasteiger partial charge in [0.25, 0.3) is 5.09 Å². The normalized spacial score (nSPS) is 23.9. The fraction of sp³-hybridized carbons (Fsp3) is 0.619. The first-order valence-electron chi connectivity index (χ1n) is 10.3. The number of carbonyl (C=O) groups excluding carboxylic acids is 2. The zero-order valence-electron chi connectivity index (χ0n) is 17.7. The highest BCUT2D eigenvalue weighted by atomic mass is 19.3. The predicted molar refractivity (Wildman–Crippen MR) is 105 cm³/mol. The van der Waals surface area contributed by atoms with Gasteiger partial charge in [-0.15, -0.1) is 10.1 Å². The highest BCUT2D eigenvalue weighted by molar-refractivity contribution is 5.86. The van der Waals surface area contributed by atoms with Gasteiger partial charge in [-0.3, -0.25) is 4.79 Å². The number of Topliss-reactive ketones (excluding diaryl/α,β-unsaturated/α-hetero) is 1. The van der Waals surface area contributed by atoms with Crippen LogP contribution in [0.3, 0.4) is 0 Å². The summed E-state index contributed by atoms with van der Waals surface area (Å²) in [7, 11) is 0. The Morgan fingerprint density at radius 1 is 1.25 bits per heavy atom. The fourth-order valence-electron chi connectivity index (χ4n) is 4.89. The molecule has 0 heterocycles. The van der Waals surface area contributed by atoms with Crippen LogP contribution in [0.4, 0.5) is 8.78 Å². The monoisotopic (exact) mass is 457 g/mol. The largest absolute Gasteiger partial charge is 0.508 e. The van der Waals surface area contributed by atoms with Crippen LogP contribution in [0.25, 0.3) is 0 Å². The molecule has 3 saturated carbocycles. The molecule has 3 atom stereocenters. The van der Waals surface area contributed by atoms with Crippen molar-refractivity contribution in [1.82, 2.24) is 0 Å². The van der Waals surface area contributed by atoms with Crippen LogP contribution in [-0.2, 0) is 25.1 Å². The minimum Gasteiger partial charge on any atom is -0.508 e. The molecule has 1 aromatic rings. The van der Waals surface area contributed by atoms with Crippen molar-refractivity contribution < 1.29 is 43.2 Å². The van der Waals surface area contributed by atoms with Gasteiger partial charge in [0.05, 0.1) is 13.2 Å². The fourth-order valence-corrected chi connectivity index (χ4v) is 4.89. The van der Waals surface area contributed by atoms with Gasteiger partial charge < -0.3 is 19.8 Å². The Kier molecular flexibility index (Phi) is 6.30. The SMILES string of the molecule is CC1(C)[C@@H]2C[C@H]1C(=O)C[C@@H]2c1c(O)cc(C(F)(F)C(=O)OCCCCO[N+](=O)[O-])cc1O. The van der Waals surface area contributed by atoms with E-state index < -0.39 is 46.6 Å². The summed E-state index contributed by atoms with van der Waals surface area (Å²) in [5, 5.41) is 29.9. The number of hydrogen-bond donors (Lipinski definition) is 2. The average Bonchev–Trinajstić information content (AvgIpc) is 2.68. The Bertz CT molecular complexity index is 909. The lowest BCUT2D eigenvalue weighted by atomic mass is 9.44.